The molecular weight excluding hydrogens is 208 g/mol. The number of rotatable bonds is 3. The van der Waals surface area contributed by atoms with Crippen molar-refractivity contribution in [2.24, 2.45) is 5.41 Å². The van der Waals surface area contributed by atoms with E-state index in [4.69, 9.17) is 0 Å². The van der Waals surface area contributed by atoms with Crippen molar-refractivity contribution in [3.8, 4) is 11.8 Å². The van der Waals surface area contributed by atoms with Gasteiger partial charge in [-0.05, 0) is 33.6 Å². The van der Waals surface area contributed by atoms with E-state index in [1.54, 1.807) is 0 Å². The van der Waals surface area contributed by atoms with Crippen LogP contribution >= 0.6 is 0 Å². The van der Waals surface area contributed by atoms with Crippen LogP contribution in [0.5, 0.6) is 0 Å². The smallest absolute Gasteiger partial charge is 0.0605 e. The minimum absolute atomic E-state index is 0.125. The van der Waals surface area contributed by atoms with Gasteiger partial charge >= 0.3 is 0 Å². The predicted molar refractivity (Wildman–Crippen MR) is 75.0 cm³/mol. The van der Waals surface area contributed by atoms with Crippen LogP contribution in [-0.2, 0) is 0 Å². The van der Waals surface area contributed by atoms with E-state index in [1.807, 2.05) is 0 Å². The molecule has 0 aromatic rings. The van der Waals surface area contributed by atoms with E-state index in [2.05, 4.69) is 56.7 Å². The third-order valence-electron chi connectivity index (χ3n) is 3.32. The quantitative estimate of drug-likeness (QED) is 0.757. The van der Waals surface area contributed by atoms with Gasteiger partial charge in [0.25, 0.3) is 0 Å². The Balaban J connectivity index is 2.54. The average molecular weight is 236 g/mol. The predicted octanol–water partition coefficient (Wildman–Crippen LogP) is 2.50. The lowest BCUT2D eigenvalue weighted by molar-refractivity contribution is 0.142. The van der Waals surface area contributed by atoms with Crippen molar-refractivity contribution >= 4 is 0 Å². The highest BCUT2D eigenvalue weighted by Crippen LogP contribution is 2.12. The van der Waals surface area contributed by atoms with Crippen LogP contribution in [0.3, 0.4) is 0 Å². The van der Waals surface area contributed by atoms with Crippen molar-refractivity contribution in [1.29, 1.82) is 0 Å². The highest BCUT2D eigenvalue weighted by Gasteiger charge is 2.24. The summed E-state index contributed by atoms with van der Waals surface area (Å²) < 4.78 is 0. The summed E-state index contributed by atoms with van der Waals surface area (Å²) in [5.74, 6) is 6.69. The molecule has 0 amide bonds. The Morgan fingerprint density at radius 2 is 1.94 bits per heavy atom. The van der Waals surface area contributed by atoms with Crippen LogP contribution in [0.2, 0.25) is 0 Å². The van der Waals surface area contributed by atoms with Gasteiger partial charge in [0.2, 0.25) is 0 Å². The molecule has 1 aliphatic rings. The van der Waals surface area contributed by atoms with E-state index in [0.717, 1.165) is 19.6 Å². The molecule has 0 spiro atoms. The van der Waals surface area contributed by atoms with Gasteiger partial charge in [0.1, 0.15) is 0 Å². The second kappa shape index (κ2) is 6.42. The Labute approximate surface area is 107 Å². The molecule has 17 heavy (non-hydrogen) atoms. The lowest BCUT2D eigenvalue weighted by Crippen LogP contribution is -2.56. The summed E-state index contributed by atoms with van der Waals surface area (Å²) in [6.45, 7) is 14.2. The molecule has 0 saturated carbocycles. The zero-order chi connectivity index (χ0) is 12.9. The lowest BCUT2D eigenvalue weighted by Gasteiger charge is -2.39. The number of nitrogens with zero attached hydrogens (tertiary/aromatic N) is 1. The van der Waals surface area contributed by atoms with Crippen LogP contribution in [-0.4, -0.2) is 36.6 Å². The summed E-state index contributed by atoms with van der Waals surface area (Å²) in [4.78, 5) is 2.55. The fourth-order valence-corrected chi connectivity index (χ4v) is 2.20. The summed E-state index contributed by atoms with van der Waals surface area (Å²) in [5, 5.41) is 3.62. The molecule has 2 unspecified atom stereocenters. The van der Waals surface area contributed by atoms with E-state index < -0.39 is 0 Å². The minimum Gasteiger partial charge on any atom is -0.311 e. The zero-order valence-corrected chi connectivity index (χ0v) is 12.1. The first-order valence-electron chi connectivity index (χ1n) is 6.93. The van der Waals surface area contributed by atoms with E-state index in [0.29, 0.717) is 12.1 Å². The molecule has 2 atom stereocenters. The summed E-state index contributed by atoms with van der Waals surface area (Å²) in [6.07, 6.45) is 2.42. The molecule has 0 aromatic heterocycles. The highest BCUT2D eigenvalue weighted by atomic mass is 15.2. The normalized spacial score (nSPS) is 26.4. The Bertz CT molecular complexity index is 280. The van der Waals surface area contributed by atoms with Crippen LogP contribution in [0, 0.1) is 17.3 Å². The van der Waals surface area contributed by atoms with Gasteiger partial charge in [0.05, 0.1) is 6.54 Å². The first-order valence-corrected chi connectivity index (χ1v) is 6.93. The Morgan fingerprint density at radius 1 is 1.24 bits per heavy atom. The van der Waals surface area contributed by atoms with Crippen molar-refractivity contribution in [3.05, 3.63) is 0 Å². The SMILES string of the molecule is CCC1CN(CC#CC(C)(C)C)C(CC)CN1. The molecule has 1 aliphatic heterocycles. The van der Waals surface area contributed by atoms with Gasteiger partial charge in [0.15, 0.2) is 0 Å². The van der Waals surface area contributed by atoms with Crippen LogP contribution in [0.15, 0.2) is 0 Å². The van der Waals surface area contributed by atoms with Crippen LogP contribution in [0.1, 0.15) is 47.5 Å². The first-order chi connectivity index (χ1) is 7.96. The molecule has 0 aromatic carbocycles. The highest BCUT2D eigenvalue weighted by molar-refractivity contribution is 5.09. The van der Waals surface area contributed by atoms with Crippen molar-refractivity contribution in [1.82, 2.24) is 10.2 Å². The molecule has 0 radical (unpaired) electrons. The molecule has 2 nitrogen and oxygen atoms in total. The van der Waals surface area contributed by atoms with E-state index in [1.165, 1.54) is 12.8 Å². The number of piperazine rings is 1. The molecule has 2 heteroatoms. The van der Waals surface area contributed by atoms with Gasteiger partial charge in [0, 0.05) is 30.6 Å². The third kappa shape index (κ3) is 5.10. The lowest BCUT2D eigenvalue weighted by atomic mass is 9.98. The summed E-state index contributed by atoms with van der Waals surface area (Å²) in [7, 11) is 0. The van der Waals surface area contributed by atoms with Crippen LogP contribution < -0.4 is 5.32 Å². The maximum absolute atomic E-state index is 3.62. The van der Waals surface area contributed by atoms with E-state index in [9.17, 15) is 0 Å². The maximum atomic E-state index is 3.62. The topological polar surface area (TPSA) is 15.3 Å². The Kier molecular flexibility index (Phi) is 5.49. The Hall–Kier alpha value is -0.520. The van der Waals surface area contributed by atoms with Gasteiger partial charge < -0.3 is 5.32 Å². The van der Waals surface area contributed by atoms with Crippen molar-refractivity contribution in [2.75, 3.05) is 19.6 Å². The molecule has 1 fully saturated rings. The molecule has 1 rings (SSSR count). The molecule has 0 aliphatic carbocycles. The maximum Gasteiger partial charge on any atom is 0.0605 e. The minimum atomic E-state index is 0.125. The number of hydrogen-bond donors (Lipinski definition) is 1. The average Bonchev–Trinajstić information content (AvgIpc) is 2.27. The first kappa shape index (κ1) is 14.5. The molecular formula is C15H28N2. The largest absolute Gasteiger partial charge is 0.311 e. The van der Waals surface area contributed by atoms with Crippen molar-refractivity contribution < 1.29 is 0 Å². The van der Waals surface area contributed by atoms with Gasteiger partial charge in [-0.3, -0.25) is 4.90 Å². The van der Waals surface area contributed by atoms with Gasteiger partial charge in [-0.1, -0.05) is 25.7 Å². The van der Waals surface area contributed by atoms with E-state index >= 15 is 0 Å². The van der Waals surface area contributed by atoms with E-state index in [-0.39, 0.29) is 5.41 Å². The molecule has 1 saturated heterocycles. The molecule has 0 bridgehead atoms. The fraction of sp³-hybridized carbons (Fsp3) is 0.867. The van der Waals surface area contributed by atoms with Crippen molar-refractivity contribution in [3.63, 3.8) is 0 Å². The fourth-order valence-electron chi connectivity index (χ4n) is 2.20. The standard InChI is InChI=1S/C15H28N2/c1-6-13-12-17(14(7-2)11-16-13)10-8-9-15(3,4)5/h13-14,16H,6-7,10-12H2,1-5H3. The monoisotopic (exact) mass is 236 g/mol. The molecule has 1 heterocycles. The second-order valence-corrected chi connectivity index (χ2v) is 6.06. The van der Waals surface area contributed by atoms with Crippen LogP contribution in [0.4, 0.5) is 0 Å². The van der Waals surface area contributed by atoms with Gasteiger partial charge in [-0.25, -0.2) is 0 Å². The third-order valence-corrected chi connectivity index (χ3v) is 3.32. The summed E-state index contributed by atoms with van der Waals surface area (Å²) in [5.41, 5.74) is 0.125. The van der Waals surface area contributed by atoms with Gasteiger partial charge in [-0.15, -0.1) is 0 Å². The summed E-state index contributed by atoms with van der Waals surface area (Å²) >= 11 is 0. The Morgan fingerprint density at radius 3 is 2.47 bits per heavy atom. The zero-order valence-electron chi connectivity index (χ0n) is 12.1. The molecule has 1 N–H and O–H groups in total. The second-order valence-electron chi connectivity index (χ2n) is 6.06. The summed E-state index contributed by atoms with van der Waals surface area (Å²) in [6, 6.07) is 1.31. The molecule has 98 valence electrons. The number of nitrogens with one attached hydrogen (secondary N) is 1. The van der Waals surface area contributed by atoms with Crippen molar-refractivity contribution in [2.45, 2.75) is 59.5 Å². The van der Waals surface area contributed by atoms with Gasteiger partial charge in [-0.2, -0.15) is 0 Å². The van der Waals surface area contributed by atoms with Crippen LogP contribution in [0.25, 0.3) is 0 Å². The number of hydrogen-bond acceptors (Lipinski definition) is 2.